The highest BCUT2D eigenvalue weighted by molar-refractivity contribution is 5.68. The highest BCUT2D eigenvalue weighted by atomic mass is 15.1. The molecule has 0 aliphatic rings. The van der Waals surface area contributed by atoms with E-state index in [-0.39, 0.29) is 0 Å². The van der Waals surface area contributed by atoms with E-state index in [1.807, 2.05) is 13.8 Å². The zero-order valence-corrected chi connectivity index (χ0v) is 9.75. The molecule has 0 fully saturated rings. The largest absolute Gasteiger partial charge is 0.330 e. The summed E-state index contributed by atoms with van der Waals surface area (Å²) in [5.41, 5.74) is 11.4. The van der Waals surface area contributed by atoms with Gasteiger partial charge < -0.3 is 5.73 Å². The summed E-state index contributed by atoms with van der Waals surface area (Å²) < 4.78 is 0. The summed E-state index contributed by atoms with van der Waals surface area (Å²) in [5, 5.41) is 7.23. The van der Waals surface area contributed by atoms with Crippen LogP contribution in [0.15, 0.2) is 24.3 Å². The predicted molar refractivity (Wildman–Crippen MR) is 66.3 cm³/mol. The molecular weight excluding hydrogens is 198 g/mol. The SMILES string of the molecule is Cc1n[nH]c(C)c1-c1cccc(CCN)c1. The van der Waals surface area contributed by atoms with Crippen molar-refractivity contribution in [1.29, 1.82) is 0 Å². The lowest BCUT2D eigenvalue weighted by Crippen LogP contribution is -2.02. The third-order valence-electron chi connectivity index (χ3n) is 2.78. The third-order valence-corrected chi connectivity index (χ3v) is 2.78. The molecule has 0 spiro atoms. The van der Waals surface area contributed by atoms with Crippen LogP contribution >= 0.6 is 0 Å². The molecule has 0 atom stereocenters. The minimum Gasteiger partial charge on any atom is -0.330 e. The van der Waals surface area contributed by atoms with E-state index in [2.05, 4.69) is 34.5 Å². The van der Waals surface area contributed by atoms with Gasteiger partial charge in [0.2, 0.25) is 0 Å². The monoisotopic (exact) mass is 215 g/mol. The summed E-state index contributed by atoms with van der Waals surface area (Å²) in [6.07, 6.45) is 0.920. The average Bonchev–Trinajstić information content (AvgIpc) is 2.59. The Bertz CT molecular complexity index is 466. The Hall–Kier alpha value is -1.61. The van der Waals surface area contributed by atoms with Gasteiger partial charge in [-0.25, -0.2) is 0 Å². The van der Waals surface area contributed by atoms with Crippen molar-refractivity contribution in [2.75, 3.05) is 6.54 Å². The molecule has 16 heavy (non-hydrogen) atoms. The van der Waals surface area contributed by atoms with Crippen LogP contribution in [0, 0.1) is 13.8 Å². The Kier molecular flexibility index (Phi) is 3.06. The second-order valence-corrected chi connectivity index (χ2v) is 4.05. The second-order valence-electron chi connectivity index (χ2n) is 4.05. The lowest BCUT2D eigenvalue weighted by molar-refractivity contribution is 0.969. The molecule has 1 heterocycles. The first-order valence-electron chi connectivity index (χ1n) is 5.53. The van der Waals surface area contributed by atoms with Gasteiger partial charge in [-0.15, -0.1) is 0 Å². The summed E-state index contributed by atoms with van der Waals surface area (Å²) in [4.78, 5) is 0. The van der Waals surface area contributed by atoms with Crippen LogP contribution in [-0.2, 0) is 6.42 Å². The van der Waals surface area contributed by atoms with E-state index >= 15 is 0 Å². The molecule has 0 aliphatic carbocycles. The van der Waals surface area contributed by atoms with Crippen molar-refractivity contribution >= 4 is 0 Å². The quantitative estimate of drug-likeness (QED) is 0.824. The van der Waals surface area contributed by atoms with Gasteiger partial charge in [0.1, 0.15) is 0 Å². The van der Waals surface area contributed by atoms with E-state index in [4.69, 9.17) is 5.73 Å². The molecule has 0 bridgehead atoms. The van der Waals surface area contributed by atoms with Crippen molar-refractivity contribution in [3.05, 3.63) is 41.2 Å². The molecule has 3 N–H and O–H groups in total. The van der Waals surface area contributed by atoms with Crippen molar-refractivity contribution < 1.29 is 0 Å². The maximum absolute atomic E-state index is 5.57. The van der Waals surface area contributed by atoms with Crippen LogP contribution in [0.2, 0.25) is 0 Å². The van der Waals surface area contributed by atoms with Gasteiger partial charge in [-0.3, -0.25) is 5.10 Å². The molecule has 0 amide bonds. The van der Waals surface area contributed by atoms with E-state index in [1.54, 1.807) is 0 Å². The summed E-state index contributed by atoms with van der Waals surface area (Å²) in [6, 6.07) is 8.50. The molecule has 0 aliphatic heterocycles. The Morgan fingerprint density at radius 1 is 1.31 bits per heavy atom. The maximum Gasteiger partial charge on any atom is 0.0672 e. The molecular formula is C13H17N3. The van der Waals surface area contributed by atoms with Gasteiger partial charge in [-0.1, -0.05) is 24.3 Å². The molecule has 1 aromatic carbocycles. The fourth-order valence-corrected chi connectivity index (χ4v) is 2.03. The standard InChI is InChI=1S/C13H17N3/c1-9-13(10(2)16-15-9)12-5-3-4-11(8-12)6-7-14/h3-5,8H,6-7,14H2,1-2H3,(H,15,16). The van der Waals surface area contributed by atoms with Crippen molar-refractivity contribution in [3.63, 3.8) is 0 Å². The summed E-state index contributed by atoms with van der Waals surface area (Å²) in [7, 11) is 0. The predicted octanol–water partition coefficient (Wildman–Crippen LogP) is 2.19. The molecule has 2 aromatic rings. The molecule has 0 radical (unpaired) electrons. The number of aromatic amines is 1. The van der Waals surface area contributed by atoms with E-state index in [0.29, 0.717) is 6.54 Å². The van der Waals surface area contributed by atoms with Crippen LogP contribution in [-0.4, -0.2) is 16.7 Å². The molecule has 84 valence electrons. The van der Waals surface area contributed by atoms with Gasteiger partial charge in [0.25, 0.3) is 0 Å². The average molecular weight is 215 g/mol. The third kappa shape index (κ3) is 1.99. The summed E-state index contributed by atoms with van der Waals surface area (Å²) in [5.74, 6) is 0. The van der Waals surface area contributed by atoms with Crippen molar-refractivity contribution in [2.24, 2.45) is 5.73 Å². The van der Waals surface area contributed by atoms with Crippen LogP contribution in [0.4, 0.5) is 0 Å². The fraction of sp³-hybridized carbons (Fsp3) is 0.308. The maximum atomic E-state index is 5.57. The number of H-pyrrole nitrogens is 1. The first-order chi connectivity index (χ1) is 7.72. The minimum absolute atomic E-state index is 0.687. The minimum atomic E-state index is 0.687. The van der Waals surface area contributed by atoms with Crippen LogP contribution in [0.3, 0.4) is 0 Å². The highest BCUT2D eigenvalue weighted by Gasteiger charge is 2.08. The lowest BCUT2D eigenvalue weighted by Gasteiger charge is -2.04. The van der Waals surface area contributed by atoms with Crippen molar-refractivity contribution in [3.8, 4) is 11.1 Å². The molecule has 1 aromatic heterocycles. The molecule has 0 saturated carbocycles. The topological polar surface area (TPSA) is 54.7 Å². The van der Waals surface area contributed by atoms with E-state index < -0.39 is 0 Å². The van der Waals surface area contributed by atoms with Gasteiger partial charge >= 0.3 is 0 Å². The molecule has 0 saturated heterocycles. The van der Waals surface area contributed by atoms with Gasteiger partial charge in [0.15, 0.2) is 0 Å². The van der Waals surface area contributed by atoms with E-state index in [0.717, 1.165) is 17.8 Å². The number of nitrogens with zero attached hydrogens (tertiary/aromatic N) is 1. The first kappa shape index (κ1) is 10.9. The Morgan fingerprint density at radius 2 is 2.12 bits per heavy atom. The smallest absolute Gasteiger partial charge is 0.0672 e. The lowest BCUT2D eigenvalue weighted by atomic mass is 10.0. The van der Waals surface area contributed by atoms with Gasteiger partial charge in [0.05, 0.1) is 5.69 Å². The van der Waals surface area contributed by atoms with Crippen molar-refractivity contribution in [1.82, 2.24) is 10.2 Å². The van der Waals surface area contributed by atoms with Crippen molar-refractivity contribution in [2.45, 2.75) is 20.3 Å². The van der Waals surface area contributed by atoms with Gasteiger partial charge in [-0.05, 0) is 37.9 Å². The number of benzene rings is 1. The molecule has 0 unspecified atom stereocenters. The highest BCUT2D eigenvalue weighted by Crippen LogP contribution is 2.25. The Labute approximate surface area is 95.7 Å². The second kappa shape index (κ2) is 4.49. The van der Waals surface area contributed by atoms with Crippen LogP contribution < -0.4 is 5.73 Å². The molecule has 3 heteroatoms. The first-order valence-corrected chi connectivity index (χ1v) is 5.53. The molecule has 2 rings (SSSR count). The Morgan fingerprint density at radius 3 is 2.75 bits per heavy atom. The van der Waals surface area contributed by atoms with Gasteiger partial charge in [0, 0.05) is 11.3 Å². The number of aryl methyl sites for hydroxylation is 2. The number of aromatic nitrogens is 2. The van der Waals surface area contributed by atoms with Crippen LogP contribution in [0.25, 0.3) is 11.1 Å². The number of hydrogen-bond acceptors (Lipinski definition) is 2. The fourth-order valence-electron chi connectivity index (χ4n) is 2.03. The Balaban J connectivity index is 2.44. The molecule has 3 nitrogen and oxygen atoms in total. The number of nitrogens with two attached hydrogens (primary N) is 1. The number of rotatable bonds is 3. The van der Waals surface area contributed by atoms with E-state index in [9.17, 15) is 0 Å². The summed E-state index contributed by atoms with van der Waals surface area (Å²) >= 11 is 0. The zero-order valence-electron chi connectivity index (χ0n) is 9.75. The van der Waals surface area contributed by atoms with Gasteiger partial charge in [-0.2, -0.15) is 5.10 Å². The van der Waals surface area contributed by atoms with Crippen LogP contribution in [0.5, 0.6) is 0 Å². The number of hydrogen-bond donors (Lipinski definition) is 2. The normalized spacial score (nSPS) is 10.7. The number of nitrogens with one attached hydrogen (secondary N) is 1. The summed E-state index contributed by atoms with van der Waals surface area (Å²) in [6.45, 7) is 4.76. The zero-order chi connectivity index (χ0) is 11.5. The van der Waals surface area contributed by atoms with E-state index in [1.165, 1.54) is 16.7 Å². The van der Waals surface area contributed by atoms with Crippen LogP contribution in [0.1, 0.15) is 17.0 Å².